The van der Waals surface area contributed by atoms with Crippen molar-refractivity contribution in [3.8, 4) is 33.8 Å². The van der Waals surface area contributed by atoms with E-state index in [1.54, 1.807) is 0 Å². The molecule has 324 valence electrons. The molecular weight excluding hydrogens is 990 g/mol. The van der Waals surface area contributed by atoms with E-state index in [-0.39, 0.29) is 26.5 Å². The maximum absolute atomic E-state index is 6.87. The van der Waals surface area contributed by atoms with E-state index in [0.29, 0.717) is 16.8 Å². The van der Waals surface area contributed by atoms with E-state index in [4.69, 9.17) is 14.4 Å². The molecule has 7 aromatic carbocycles. The zero-order valence-electron chi connectivity index (χ0n) is 37.2. The van der Waals surface area contributed by atoms with Gasteiger partial charge < -0.3 is 22.9 Å². The van der Waals surface area contributed by atoms with Crippen LogP contribution in [0.4, 0.5) is 0 Å². The van der Waals surface area contributed by atoms with Crippen LogP contribution in [0, 0.1) is 26.0 Å². The normalized spacial score (nSPS) is 11.9. The fourth-order valence-electron chi connectivity index (χ4n) is 9.65. The van der Waals surface area contributed by atoms with Crippen LogP contribution in [0.5, 0.6) is 0 Å². The maximum atomic E-state index is 6.87. The topological polar surface area (TPSA) is 53.2 Å². The molecule has 12 rings (SSSR count). The summed E-state index contributed by atoms with van der Waals surface area (Å²) in [4.78, 5) is 11.0. The third kappa shape index (κ3) is 6.96. The first-order valence-corrected chi connectivity index (χ1v) is 22.1. The Hall–Kier alpha value is -7.40. The van der Waals surface area contributed by atoms with Crippen LogP contribution in [0.15, 0.2) is 181 Å². The van der Waals surface area contributed by atoms with Crippen molar-refractivity contribution in [2.24, 2.45) is 0 Å². The van der Waals surface area contributed by atoms with Crippen LogP contribution in [0.2, 0.25) is 0 Å². The molecule has 7 heteroatoms. The van der Waals surface area contributed by atoms with E-state index in [1.165, 1.54) is 16.7 Å². The van der Waals surface area contributed by atoms with Crippen molar-refractivity contribution in [1.29, 1.82) is 0 Å². The molecule has 0 amide bonds. The van der Waals surface area contributed by atoms with E-state index in [9.17, 15) is 0 Å². The molecule has 6 nitrogen and oxygen atoms in total. The van der Waals surface area contributed by atoms with E-state index < -0.39 is 0 Å². The summed E-state index contributed by atoms with van der Waals surface area (Å²) in [6, 6.07) is 67.5. The summed E-state index contributed by atoms with van der Waals surface area (Å²) < 4.78 is 13.6. The fraction of sp³-hybridized carbons (Fsp3) is 0.102. The second-order valence-corrected chi connectivity index (χ2v) is 18.2. The van der Waals surface area contributed by atoms with Gasteiger partial charge >= 0.3 is 0 Å². The number of benzene rings is 7. The SMILES string of the molecule is Cc1cc(C)cc(-c2cccc3c4ccccc4c4cc(C(C)(C)C)cc(n4)n4c5[c-]c(ccc5c5ccccc54)oc4[c-]c(nc(-c5ccccc5)c4)n4[cH-]n(c23)-c2ccccc2-4)c1.[Pt]. The van der Waals surface area contributed by atoms with Gasteiger partial charge in [-0.15, -0.1) is 23.6 Å². The standard InChI is InChI=1S/C59H44N5O.Pt/c1-37-28-38(2)30-40(29-37)44-21-15-22-49-45-18-9-10-19-46(45)51-31-41(59(3,4)5)32-57(61-51)64-52-23-12-11-20-47(52)48-27-26-42(34-55(48)64)65-43-33-50(39-16-7-6-8-17-39)60-56(35-43)62-36-63(58(44)49)54-25-14-13-24-53(54)62;/h6-33,36H,1-5H3;/q-3;. The summed E-state index contributed by atoms with van der Waals surface area (Å²) in [5, 5.41) is 5.36. The molecule has 0 fully saturated rings. The zero-order chi connectivity index (χ0) is 44.0. The molecule has 0 unspecified atom stereocenters. The average Bonchev–Trinajstić information content (AvgIpc) is 3.86. The second-order valence-electron chi connectivity index (χ2n) is 18.2. The molecule has 0 N–H and O–H groups in total. The minimum absolute atomic E-state index is 0. The molecule has 66 heavy (non-hydrogen) atoms. The van der Waals surface area contributed by atoms with Crippen LogP contribution in [0.1, 0.15) is 37.5 Å². The van der Waals surface area contributed by atoms with E-state index >= 15 is 0 Å². The van der Waals surface area contributed by atoms with Gasteiger partial charge in [-0.05, 0) is 110 Å². The first-order chi connectivity index (χ1) is 31.6. The van der Waals surface area contributed by atoms with Crippen LogP contribution in [0.25, 0.3) is 105 Å². The smallest absolute Gasteiger partial charge is 0.136 e. The van der Waals surface area contributed by atoms with Gasteiger partial charge in [0.05, 0.1) is 5.52 Å². The molecule has 4 aromatic heterocycles. The fourth-order valence-corrected chi connectivity index (χ4v) is 9.65. The summed E-state index contributed by atoms with van der Waals surface area (Å²) in [5.41, 5.74) is 15.7. The molecule has 0 radical (unpaired) electrons. The Bertz CT molecular complexity index is 3950. The zero-order valence-corrected chi connectivity index (χ0v) is 39.5. The third-order valence-corrected chi connectivity index (χ3v) is 12.6. The van der Waals surface area contributed by atoms with Gasteiger partial charge in [0, 0.05) is 43.9 Å². The van der Waals surface area contributed by atoms with Crippen molar-refractivity contribution in [1.82, 2.24) is 23.5 Å². The number of rotatable bonds is 2. The second kappa shape index (κ2) is 15.9. The first kappa shape index (κ1) is 41.3. The molecule has 11 aromatic rings. The van der Waals surface area contributed by atoms with Gasteiger partial charge in [0.15, 0.2) is 0 Å². The minimum atomic E-state index is -0.188. The largest absolute Gasteiger partial charge is 0.522 e. The summed E-state index contributed by atoms with van der Waals surface area (Å²) >= 11 is 0. The Balaban J connectivity index is 0.00000481. The van der Waals surface area contributed by atoms with Crippen molar-refractivity contribution in [2.75, 3.05) is 0 Å². The number of pyridine rings is 2. The van der Waals surface area contributed by atoms with Crippen molar-refractivity contribution in [2.45, 2.75) is 40.0 Å². The van der Waals surface area contributed by atoms with Crippen LogP contribution < -0.4 is 0 Å². The number of aromatic nitrogens is 5. The maximum Gasteiger partial charge on any atom is 0.136 e. The van der Waals surface area contributed by atoms with E-state index in [0.717, 1.165) is 88.4 Å². The third-order valence-electron chi connectivity index (χ3n) is 12.6. The number of aryl methyl sites for hydroxylation is 2. The predicted molar refractivity (Wildman–Crippen MR) is 268 cm³/mol. The molecule has 0 spiro atoms. The molecule has 0 saturated carbocycles. The Kier molecular flexibility index (Phi) is 9.98. The van der Waals surface area contributed by atoms with Gasteiger partial charge in [-0.3, -0.25) is 0 Å². The van der Waals surface area contributed by atoms with Crippen molar-refractivity contribution < 1.29 is 25.5 Å². The number of imidazole rings is 1. The number of hydrogen-bond acceptors (Lipinski definition) is 3. The Labute approximate surface area is 397 Å². The van der Waals surface area contributed by atoms with E-state index in [1.807, 2.05) is 30.3 Å². The van der Waals surface area contributed by atoms with Gasteiger partial charge in [-0.25, -0.2) is 11.1 Å². The van der Waals surface area contributed by atoms with Crippen LogP contribution in [0.3, 0.4) is 0 Å². The van der Waals surface area contributed by atoms with Crippen LogP contribution in [-0.2, 0) is 26.5 Å². The molecule has 5 heterocycles. The summed E-state index contributed by atoms with van der Waals surface area (Å²) in [5.74, 6) is 0. The van der Waals surface area contributed by atoms with Crippen LogP contribution in [-0.4, -0.2) is 23.5 Å². The molecule has 0 saturated heterocycles. The molecule has 0 atom stereocenters. The van der Waals surface area contributed by atoms with Crippen molar-refractivity contribution >= 4 is 71.5 Å². The quantitative estimate of drug-likeness (QED) is 0.162. The minimum Gasteiger partial charge on any atom is -0.522 e. The number of nitrogens with zero attached hydrogens (tertiary/aromatic N) is 5. The molecule has 1 aliphatic rings. The Morgan fingerprint density at radius 1 is 0.545 bits per heavy atom. The summed E-state index contributed by atoms with van der Waals surface area (Å²) in [6.45, 7) is 11.2. The van der Waals surface area contributed by atoms with Gasteiger partial charge in [0.25, 0.3) is 0 Å². The van der Waals surface area contributed by atoms with Gasteiger partial charge in [0.1, 0.15) is 5.65 Å². The number of fused-ring (bicyclic) bond motifs is 20. The summed E-state index contributed by atoms with van der Waals surface area (Å²) in [6.07, 6.45) is 2.16. The summed E-state index contributed by atoms with van der Waals surface area (Å²) in [7, 11) is 0. The van der Waals surface area contributed by atoms with Crippen molar-refractivity contribution in [3.05, 3.63) is 205 Å². The number of hydrogen-bond donors (Lipinski definition) is 0. The monoisotopic (exact) mass is 1030 g/mol. The molecule has 1 aliphatic heterocycles. The van der Waals surface area contributed by atoms with Gasteiger partial charge in [-0.1, -0.05) is 171 Å². The molecular formula is C59H44N5OPt-3. The number of para-hydroxylation sites is 4. The Morgan fingerprint density at radius 3 is 2.00 bits per heavy atom. The first-order valence-electron chi connectivity index (χ1n) is 22.1. The molecule has 0 aliphatic carbocycles. The van der Waals surface area contributed by atoms with Crippen molar-refractivity contribution in [3.63, 3.8) is 0 Å². The van der Waals surface area contributed by atoms with Gasteiger partial charge in [-0.2, -0.15) is 6.07 Å². The molecule has 8 bridgehead atoms. The van der Waals surface area contributed by atoms with E-state index in [2.05, 4.69) is 206 Å². The van der Waals surface area contributed by atoms with Gasteiger partial charge in [0.2, 0.25) is 0 Å². The predicted octanol–water partition coefficient (Wildman–Crippen LogP) is 15.1. The Morgan fingerprint density at radius 2 is 1.23 bits per heavy atom. The van der Waals surface area contributed by atoms with Crippen LogP contribution >= 0.6 is 0 Å². The average molecular weight is 1030 g/mol.